The van der Waals surface area contributed by atoms with Gasteiger partial charge in [-0.15, -0.1) is 0 Å². The minimum absolute atomic E-state index is 0.0633. The second-order valence-corrected chi connectivity index (χ2v) is 7.46. The highest BCUT2D eigenvalue weighted by atomic mass is 35.5. The largest absolute Gasteiger partial charge is 0.337 e. The molecular formula is C20H21ClN4O2. The summed E-state index contributed by atoms with van der Waals surface area (Å²) in [6.07, 6.45) is 3.99. The van der Waals surface area contributed by atoms with Crippen LogP contribution in [-0.4, -0.2) is 38.6 Å². The number of nitrogens with zero attached hydrogens (tertiary/aromatic N) is 4. The van der Waals surface area contributed by atoms with Gasteiger partial charge in [0.05, 0.1) is 6.54 Å². The van der Waals surface area contributed by atoms with Crippen molar-refractivity contribution in [3.05, 3.63) is 59.1 Å². The van der Waals surface area contributed by atoms with Gasteiger partial charge >= 0.3 is 0 Å². The average molecular weight is 385 g/mol. The summed E-state index contributed by atoms with van der Waals surface area (Å²) in [6, 6.07) is 11.0. The molecule has 1 aliphatic heterocycles. The zero-order valence-corrected chi connectivity index (χ0v) is 15.9. The number of benzene rings is 1. The number of hydrogen-bond donors (Lipinski definition) is 0. The van der Waals surface area contributed by atoms with E-state index in [-0.39, 0.29) is 5.91 Å². The molecule has 0 aliphatic carbocycles. The van der Waals surface area contributed by atoms with Crippen LogP contribution in [0.2, 0.25) is 5.02 Å². The molecule has 2 aromatic heterocycles. The number of carbonyl (C=O) groups excluding carboxylic acids is 1. The molecule has 0 saturated carbocycles. The Morgan fingerprint density at radius 3 is 2.70 bits per heavy atom. The standard InChI is InChI=1S/C20H21ClN4O2/c1-14-8-11-24(12-9-14)20(26)17-3-2-10-25(17)13-18-22-19(27-23-18)15-4-6-16(21)7-5-15/h2-7,10,14H,8-9,11-13H2,1H3. The Kier molecular flexibility index (Phi) is 4.99. The zero-order valence-electron chi connectivity index (χ0n) is 15.1. The molecule has 6 nitrogen and oxygen atoms in total. The van der Waals surface area contributed by atoms with Crippen molar-refractivity contribution in [2.24, 2.45) is 5.92 Å². The number of rotatable bonds is 4. The third-order valence-electron chi connectivity index (χ3n) is 4.99. The van der Waals surface area contributed by atoms with E-state index in [0.717, 1.165) is 31.5 Å². The molecule has 1 amide bonds. The van der Waals surface area contributed by atoms with Gasteiger partial charge in [-0.1, -0.05) is 23.7 Å². The monoisotopic (exact) mass is 384 g/mol. The minimum Gasteiger partial charge on any atom is -0.337 e. The van der Waals surface area contributed by atoms with Crippen LogP contribution in [0.15, 0.2) is 47.1 Å². The predicted molar refractivity (Wildman–Crippen MR) is 103 cm³/mol. The number of piperidine rings is 1. The molecule has 7 heteroatoms. The number of amides is 1. The highest BCUT2D eigenvalue weighted by Gasteiger charge is 2.23. The van der Waals surface area contributed by atoms with Gasteiger partial charge in [0.1, 0.15) is 5.69 Å². The summed E-state index contributed by atoms with van der Waals surface area (Å²) in [7, 11) is 0. The van der Waals surface area contributed by atoms with E-state index >= 15 is 0 Å². The second-order valence-electron chi connectivity index (χ2n) is 7.02. The van der Waals surface area contributed by atoms with Crippen LogP contribution in [0, 0.1) is 5.92 Å². The Bertz CT molecular complexity index is 924. The van der Waals surface area contributed by atoms with Crippen LogP contribution in [0.1, 0.15) is 36.1 Å². The van der Waals surface area contributed by atoms with Gasteiger partial charge in [-0.2, -0.15) is 4.98 Å². The van der Waals surface area contributed by atoms with Crippen molar-refractivity contribution in [3.63, 3.8) is 0 Å². The van der Waals surface area contributed by atoms with E-state index in [1.54, 1.807) is 12.1 Å². The van der Waals surface area contributed by atoms with Crippen LogP contribution >= 0.6 is 11.6 Å². The number of likely N-dealkylation sites (tertiary alicyclic amines) is 1. The maximum Gasteiger partial charge on any atom is 0.270 e. The Balaban J connectivity index is 1.49. The Hall–Kier alpha value is -2.60. The van der Waals surface area contributed by atoms with Crippen molar-refractivity contribution in [1.82, 2.24) is 19.6 Å². The van der Waals surface area contributed by atoms with Gasteiger partial charge in [-0.05, 0) is 55.2 Å². The summed E-state index contributed by atoms with van der Waals surface area (Å²) in [5.41, 5.74) is 1.46. The minimum atomic E-state index is 0.0633. The molecule has 3 heterocycles. The normalized spacial score (nSPS) is 15.3. The molecule has 3 aromatic rings. The predicted octanol–water partition coefficient (Wildman–Crippen LogP) is 4.11. The lowest BCUT2D eigenvalue weighted by atomic mass is 9.99. The maximum atomic E-state index is 12.9. The average Bonchev–Trinajstić information content (AvgIpc) is 3.32. The fraction of sp³-hybridized carbons (Fsp3) is 0.350. The molecule has 1 fully saturated rings. The summed E-state index contributed by atoms with van der Waals surface area (Å²) in [5.74, 6) is 1.71. The van der Waals surface area contributed by atoms with Crippen molar-refractivity contribution in [2.75, 3.05) is 13.1 Å². The van der Waals surface area contributed by atoms with Gasteiger partial charge in [-0.25, -0.2) is 0 Å². The fourth-order valence-corrected chi connectivity index (χ4v) is 3.43. The number of aromatic nitrogens is 3. The molecule has 1 aliphatic rings. The van der Waals surface area contributed by atoms with Crippen LogP contribution < -0.4 is 0 Å². The number of hydrogen-bond acceptors (Lipinski definition) is 4. The smallest absolute Gasteiger partial charge is 0.270 e. The Morgan fingerprint density at radius 1 is 1.22 bits per heavy atom. The van der Waals surface area contributed by atoms with Crippen LogP contribution in [-0.2, 0) is 6.54 Å². The Labute approximate surface area is 162 Å². The summed E-state index contributed by atoms with van der Waals surface area (Å²) >= 11 is 5.91. The van der Waals surface area contributed by atoms with Crippen molar-refractivity contribution >= 4 is 17.5 Å². The molecule has 0 unspecified atom stereocenters. The zero-order chi connectivity index (χ0) is 18.8. The summed E-state index contributed by atoms with van der Waals surface area (Å²) in [4.78, 5) is 19.2. The third kappa shape index (κ3) is 3.90. The first kappa shape index (κ1) is 17.8. The molecule has 4 rings (SSSR count). The molecule has 1 saturated heterocycles. The van der Waals surface area contributed by atoms with Crippen LogP contribution in [0.4, 0.5) is 0 Å². The molecule has 0 N–H and O–H groups in total. The van der Waals surface area contributed by atoms with E-state index in [1.165, 1.54) is 0 Å². The lowest BCUT2D eigenvalue weighted by Crippen LogP contribution is -2.38. The van der Waals surface area contributed by atoms with Crippen molar-refractivity contribution in [1.29, 1.82) is 0 Å². The SMILES string of the molecule is CC1CCN(C(=O)c2cccn2Cc2noc(-c3ccc(Cl)cc3)n2)CC1. The molecular weight excluding hydrogens is 364 g/mol. The van der Waals surface area contributed by atoms with Crippen LogP contribution in [0.25, 0.3) is 11.5 Å². The molecule has 140 valence electrons. The van der Waals surface area contributed by atoms with Gasteiger partial charge in [0.25, 0.3) is 11.8 Å². The molecule has 1 aromatic carbocycles. The van der Waals surface area contributed by atoms with E-state index in [1.807, 2.05) is 39.9 Å². The van der Waals surface area contributed by atoms with Gasteiger partial charge in [-0.3, -0.25) is 4.79 Å². The first-order valence-corrected chi connectivity index (χ1v) is 9.51. The topological polar surface area (TPSA) is 64.2 Å². The van der Waals surface area contributed by atoms with Gasteiger partial charge in [0, 0.05) is 29.9 Å². The van der Waals surface area contributed by atoms with E-state index in [4.69, 9.17) is 16.1 Å². The van der Waals surface area contributed by atoms with Crippen molar-refractivity contribution < 1.29 is 9.32 Å². The van der Waals surface area contributed by atoms with E-state index in [0.29, 0.717) is 34.9 Å². The van der Waals surface area contributed by atoms with E-state index in [2.05, 4.69) is 17.1 Å². The van der Waals surface area contributed by atoms with Gasteiger partial charge in [0.2, 0.25) is 0 Å². The van der Waals surface area contributed by atoms with E-state index in [9.17, 15) is 4.79 Å². The van der Waals surface area contributed by atoms with Crippen molar-refractivity contribution in [3.8, 4) is 11.5 Å². The highest BCUT2D eigenvalue weighted by molar-refractivity contribution is 6.30. The molecule has 0 bridgehead atoms. The summed E-state index contributed by atoms with van der Waals surface area (Å²) < 4.78 is 7.23. The quantitative estimate of drug-likeness (QED) is 0.679. The number of carbonyl (C=O) groups is 1. The highest BCUT2D eigenvalue weighted by Crippen LogP contribution is 2.21. The van der Waals surface area contributed by atoms with Gasteiger partial charge in [0.15, 0.2) is 5.82 Å². The van der Waals surface area contributed by atoms with Gasteiger partial charge < -0.3 is 14.0 Å². The van der Waals surface area contributed by atoms with Crippen LogP contribution in [0.3, 0.4) is 0 Å². The lowest BCUT2D eigenvalue weighted by molar-refractivity contribution is 0.0686. The van der Waals surface area contributed by atoms with E-state index < -0.39 is 0 Å². The Morgan fingerprint density at radius 2 is 1.96 bits per heavy atom. The molecule has 0 radical (unpaired) electrons. The second kappa shape index (κ2) is 7.56. The molecule has 27 heavy (non-hydrogen) atoms. The van der Waals surface area contributed by atoms with Crippen molar-refractivity contribution in [2.45, 2.75) is 26.3 Å². The first-order chi connectivity index (χ1) is 13.1. The third-order valence-corrected chi connectivity index (χ3v) is 5.24. The summed E-state index contributed by atoms with van der Waals surface area (Å²) in [6.45, 7) is 4.25. The lowest BCUT2D eigenvalue weighted by Gasteiger charge is -2.30. The first-order valence-electron chi connectivity index (χ1n) is 9.13. The fourth-order valence-electron chi connectivity index (χ4n) is 3.30. The number of halogens is 1. The maximum absolute atomic E-state index is 12.9. The summed E-state index contributed by atoms with van der Waals surface area (Å²) in [5, 5.41) is 4.70. The molecule has 0 spiro atoms. The van der Waals surface area contributed by atoms with Crippen LogP contribution in [0.5, 0.6) is 0 Å². The molecule has 0 atom stereocenters.